The van der Waals surface area contributed by atoms with Gasteiger partial charge in [-0.15, -0.1) is 0 Å². The van der Waals surface area contributed by atoms with Crippen molar-refractivity contribution in [2.75, 3.05) is 34.3 Å². The molecule has 0 heterocycles. The van der Waals surface area contributed by atoms with Crippen LogP contribution >= 0.6 is 0 Å². The Labute approximate surface area is 186 Å². The normalized spacial score (nSPS) is 29.6. The van der Waals surface area contributed by atoms with Gasteiger partial charge in [-0.05, 0) is 93.5 Å². The number of carbonyl (C=O) groups excluding carboxylic acids is 2. The molecule has 2 amide bonds. The molecule has 4 saturated carbocycles. The summed E-state index contributed by atoms with van der Waals surface area (Å²) in [4.78, 5) is 27.2. The van der Waals surface area contributed by atoms with Crippen LogP contribution in [0.3, 0.4) is 0 Å². The van der Waals surface area contributed by atoms with Gasteiger partial charge in [0.15, 0.2) is 0 Å². The van der Waals surface area contributed by atoms with Crippen molar-refractivity contribution in [2.24, 2.45) is 23.2 Å². The highest BCUT2D eigenvalue weighted by Crippen LogP contribution is 2.61. The van der Waals surface area contributed by atoms with Gasteiger partial charge >= 0.3 is 0 Å². The molecule has 0 saturated heterocycles. The van der Waals surface area contributed by atoms with Gasteiger partial charge in [0.25, 0.3) is 0 Å². The number of nitrogens with zero attached hydrogens (tertiary/aromatic N) is 1. The fourth-order valence-electron chi connectivity index (χ4n) is 6.81. The molecular formula is C25H37N3O3. The highest BCUT2D eigenvalue weighted by molar-refractivity contribution is 5.85. The molecule has 6 heteroatoms. The van der Waals surface area contributed by atoms with Crippen molar-refractivity contribution in [1.29, 1.82) is 0 Å². The van der Waals surface area contributed by atoms with E-state index in [2.05, 4.69) is 15.5 Å². The van der Waals surface area contributed by atoms with E-state index in [1.54, 1.807) is 7.11 Å². The lowest BCUT2D eigenvalue weighted by molar-refractivity contribution is -0.132. The minimum absolute atomic E-state index is 0.0294. The predicted octanol–water partition coefficient (Wildman–Crippen LogP) is 3.14. The predicted molar refractivity (Wildman–Crippen MR) is 121 cm³/mol. The topological polar surface area (TPSA) is 70.7 Å². The third kappa shape index (κ3) is 5.22. The summed E-state index contributed by atoms with van der Waals surface area (Å²) >= 11 is 0. The minimum atomic E-state index is -0.145. The molecule has 5 rings (SSSR count). The number of ether oxygens (including phenoxy) is 1. The largest absolute Gasteiger partial charge is 0.497 e. The Bertz CT molecular complexity index is 772. The van der Waals surface area contributed by atoms with Crippen molar-refractivity contribution in [3.8, 4) is 5.75 Å². The number of benzene rings is 1. The molecule has 0 radical (unpaired) electrons. The fraction of sp³-hybridized carbons (Fsp3) is 0.680. The Morgan fingerprint density at radius 1 is 1.06 bits per heavy atom. The molecule has 4 bridgehead atoms. The highest BCUT2D eigenvalue weighted by Gasteiger charge is 2.51. The number of rotatable bonds is 9. The zero-order valence-corrected chi connectivity index (χ0v) is 19.2. The molecule has 1 aromatic rings. The zero-order chi connectivity index (χ0) is 22.0. The maximum absolute atomic E-state index is 12.7. The van der Waals surface area contributed by atoms with E-state index in [9.17, 15) is 9.59 Å². The molecule has 1 unspecified atom stereocenters. The van der Waals surface area contributed by atoms with Crippen molar-refractivity contribution < 1.29 is 14.3 Å². The minimum Gasteiger partial charge on any atom is -0.497 e. The molecule has 4 aliphatic rings. The van der Waals surface area contributed by atoms with Crippen LogP contribution in [0.25, 0.3) is 0 Å². The molecule has 2 N–H and O–H groups in total. The Morgan fingerprint density at radius 3 is 2.29 bits per heavy atom. The summed E-state index contributed by atoms with van der Waals surface area (Å²) < 4.78 is 5.32. The van der Waals surface area contributed by atoms with Crippen LogP contribution in [0.1, 0.15) is 56.6 Å². The van der Waals surface area contributed by atoms with Gasteiger partial charge in [-0.1, -0.05) is 12.1 Å². The SMILES string of the molecule is COc1cccc(C(CNC(=O)CNC(=O)CC23CC4CC(CC(C4)C2)C3)N(C)C)c1. The molecule has 1 aromatic carbocycles. The van der Waals surface area contributed by atoms with Crippen LogP contribution in [-0.4, -0.2) is 51.0 Å². The van der Waals surface area contributed by atoms with Gasteiger partial charge in [0, 0.05) is 13.0 Å². The third-order valence-electron chi connectivity index (χ3n) is 7.74. The van der Waals surface area contributed by atoms with Crippen LogP contribution in [0.4, 0.5) is 0 Å². The Kier molecular flexibility index (Phi) is 6.56. The highest BCUT2D eigenvalue weighted by atomic mass is 16.5. The molecule has 1 atom stereocenters. The Hall–Kier alpha value is -2.08. The van der Waals surface area contributed by atoms with E-state index in [0.29, 0.717) is 13.0 Å². The maximum Gasteiger partial charge on any atom is 0.239 e. The third-order valence-corrected chi connectivity index (χ3v) is 7.74. The summed E-state index contributed by atoms with van der Waals surface area (Å²) in [6.45, 7) is 0.521. The van der Waals surface area contributed by atoms with Gasteiger partial charge in [0.2, 0.25) is 11.8 Å². The monoisotopic (exact) mass is 427 g/mol. The number of nitrogens with one attached hydrogen (secondary N) is 2. The van der Waals surface area contributed by atoms with Crippen LogP contribution in [0.15, 0.2) is 24.3 Å². The molecule has 0 spiro atoms. The maximum atomic E-state index is 12.7. The standard InChI is InChI=1S/C25H37N3O3/c1-28(2)22(20-5-4-6-21(10-20)31-3)15-26-24(30)16-27-23(29)14-25-11-17-7-18(12-25)9-19(8-17)13-25/h4-6,10,17-19,22H,7-9,11-16H2,1-3H3,(H,26,30)(H,27,29). The Balaban J connectivity index is 1.24. The van der Waals surface area contributed by atoms with Gasteiger partial charge in [-0.3, -0.25) is 9.59 Å². The van der Waals surface area contributed by atoms with Crippen molar-refractivity contribution in [1.82, 2.24) is 15.5 Å². The second kappa shape index (κ2) is 9.19. The molecular weight excluding hydrogens is 390 g/mol. The average Bonchev–Trinajstić information content (AvgIpc) is 2.71. The van der Waals surface area contributed by atoms with Crippen LogP contribution < -0.4 is 15.4 Å². The van der Waals surface area contributed by atoms with Crippen LogP contribution in [0.5, 0.6) is 5.75 Å². The van der Waals surface area contributed by atoms with Crippen molar-refractivity contribution in [3.05, 3.63) is 29.8 Å². The fourth-order valence-corrected chi connectivity index (χ4v) is 6.81. The summed E-state index contributed by atoms with van der Waals surface area (Å²) in [6, 6.07) is 7.92. The second-order valence-corrected chi connectivity index (χ2v) is 10.4. The van der Waals surface area contributed by atoms with Gasteiger partial charge in [0.05, 0.1) is 19.7 Å². The van der Waals surface area contributed by atoms with Gasteiger partial charge < -0.3 is 20.3 Å². The van der Waals surface area contributed by atoms with E-state index in [4.69, 9.17) is 4.74 Å². The van der Waals surface area contributed by atoms with Crippen molar-refractivity contribution in [3.63, 3.8) is 0 Å². The van der Waals surface area contributed by atoms with Crippen molar-refractivity contribution >= 4 is 11.8 Å². The average molecular weight is 428 g/mol. The molecule has 0 aliphatic heterocycles. The summed E-state index contributed by atoms with van der Waals surface area (Å²) in [7, 11) is 5.63. The van der Waals surface area contributed by atoms with Crippen LogP contribution in [-0.2, 0) is 9.59 Å². The number of hydrogen-bond donors (Lipinski definition) is 2. The number of amides is 2. The number of carbonyl (C=O) groups is 2. The first-order chi connectivity index (χ1) is 14.9. The van der Waals surface area contributed by atoms with E-state index in [-0.39, 0.29) is 29.8 Å². The first-order valence-electron chi connectivity index (χ1n) is 11.7. The molecule has 4 fully saturated rings. The summed E-state index contributed by atoms with van der Waals surface area (Å²) in [5.74, 6) is 3.20. The van der Waals surface area contributed by atoms with Crippen molar-refractivity contribution in [2.45, 2.75) is 51.0 Å². The van der Waals surface area contributed by atoms with E-state index in [1.165, 1.54) is 38.5 Å². The van der Waals surface area contributed by atoms with Crippen LogP contribution in [0.2, 0.25) is 0 Å². The molecule has 31 heavy (non-hydrogen) atoms. The lowest BCUT2D eigenvalue weighted by Gasteiger charge is -2.56. The molecule has 0 aromatic heterocycles. The lowest BCUT2D eigenvalue weighted by atomic mass is 9.49. The van der Waals surface area contributed by atoms with E-state index in [1.807, 2.05) is 38.4 Å². The van der Waals surface area contributed by atoms with E-state index < -0.39 is 0 Å². The lowest BCUT2D eigenvalue weighted by Crippen LogP contribution is -2.48. The number of likely N-dealkylation sites (N-methyl/N-ethyl adjacent to an activating group) is 1. The summed E-state index contributed by atoms with van der Waals surface area (Å²) in [5, 5.41) is 5.86. The quantitative estimate of drug-likeness (QED) is 0.635. The summed E-state index contributed by atoms with van der Waals surface area (Å²) in [5.41, 5.74) is 1.29. The van der Waals surface area contributed by atoms with Gasteiger partial charge in [-0.2, -0.15) is 0 Å². The Morgan fingerprint density at radius 2 is 1.71 bits per heavy atom. The number of methoxy groups -OCH3 is 1. The first-order valence-corrected chi connectivity index (χ1v) is 11.7. The van der Waals surface area contributed by atoms with E-state index in [0.717, 1.165) is 29.1 Å². The van der Waals surface area contributed by atoms with Gasteiger partial charge in [-0.25, -0.2) is 0 Å². The zero-order valence-electron chi connectivity index (χ0n) is 19.2. The summed E-state index contributed by atoms with van der Waals surface area (Å²) in [6.07, 6.45) is 8.36. The number of hydrogen-bond acceptors (Lipinski definition) is 4. The van der Waals surface area contributed by atoms with Gasteiger partial charge in [0.1, 0.15) is 5.75 Å². The second-order valence-electron chi connectivity index (χ2n) is 10.4. The molecule has 170 valence electrons. The van der Waals surface area contributed by atoms with E-state index >= 15 is 0 Å². The smallest absolute Gasteiger partial charge is 0.239 e. The molecule has 4 aliphatic carbocycles. The first kappa shape index (κ1) is 22.1. The molecule has 6 nitrogen and oxygen atoms in total. The van der Waals surface area contributed by atoms with Crippen LogP contribution in [0, 0.1) is 23.2 Å².